The molecule has 0 radical (unpaired) electrons. The molecule has 160 valence electrons. The molecule has 0 spiro atoms. The van der Waals surface area contributed by atoms with Crippen molar-refractivity contribution in [3.05, 3.63) is 87.9 Å². The number of rotatable bonds is 7. The molecule has 0 aliphatic carbocycles. The molecular formula is C24H21Br2FN2O2. The van der Waals surface area contributed by atoms with Crippen molar-refractivity contribution >= 4 is 43.5 Å². The molecule has 0 N–H and O–H groups in total. The number of benzene rings is 2. The molecule has 2 aromatic carbocycles. The summed E-state index contributed by atoms with van der Waals surface area (Å²) in [6, 6.07) is 16.0. The highest BCUT2D eigenvalue weighted by Gasteiger charge is 2.48. The molecule has 1 saturated heterocycles. The Balaban J connectivity index is 1.41. The van der Waals surface area contributed by atoms with Gasteiger partial charge in [0.25, 0.3) is 0 Å². The monoisotopic (exact) mass is 546 g/mol. The van der Waals surface area contributed by atoms with Crippen LogP contribution in [0, 0.1) is 5.82 Å². The Bertz CT molecular complexity index is 1070. The lowest BCUT2D eigenvalue weighted by Crippen LogP contribution is -2.56. The van der Waals surface area contributed by atoms with E-state index in [0.717, 1.165) is 29.8 Å². The summed E-state index contributed by atoms with van der Waals surface area (Å²) in [5, 5.41) is 0. The number of aromatic nitrogens is 1. The van der Waals surface area contributed by atoms with Gasteiger partial charge in [0, 0.05) is 22.8 Å². The normalized spacial score (nSPS) is 18.1. The van der Waals surface area contributed by atoms with E-state index in [1.807, 2.05) is 36.5 Å². The van der Waals surface area contributed by atoms with Gasteiger partial charge in [-0.3, -0.25) is 9.78 Å². The largest absolute Gasteiger partial charge is 0.493 e. The lowest BCUT2D eigenvalue weighted by molar-refractivity contribution is -0.123. The topological polar surface area (TPSA) is 42.4 Å². The van der Waals surface area contributed by atoms with Crippen molar-refractivity contribution in [2.75, 3.05) is 11.5 Å². The van der Waals surface area contributed by atoms with Crippen molar-refractivity contribution in [1.82, 2.24) is 4.98 Å². The highest BCUT2D eigenvalue weighted by molar-refractivity contribution is 9.10. The number of pyridine rings is 1. The summed E-state index contributed by atoms with van der Waals surface area (Å²) < 4.78 is 19.9. The molecular weight excluding hydrogens is 527 g/mol. The Morgan fingerprint density at radius 3 is 2.55 bits per heavy atom. The van der Waals surface area contributed by atoms with Crippen LogP contribution in [0.2, 0.25) is 0 Å². The summed E-state index contributed by atoms with van der Waals surface area (Å²) in [5.74, 6) is 0.355. The maximum absolute atomic E-state index is 13.5. The maximum Gasteiger partial charge on any atom is 0.243 e. The van der Waals surface area contributed by atoms with Gasteiger partial charge < -0.3 is 9.64 Å². The molecule has 31 heavy (non-hydrogen) atoms. The molecule has 1 amide bonds. The zero-order valence-corrected chi connectivity index (χ0v) is 20.1. The number of halogens is 3. The second-order valence-corrected chi connectivity index (χ2v) is 9.17. The van der Waals surface area contributed by atoms with Crippen molar-refractivity contribution in [2.45, 2.75) is 30.6 Å². The van der Waals surface area contributed by atoms with Crippen molar-refractivity contribution in [3.8, 4) is 5.75 Å². The number of amides is 1. The summed E-state index contributed by atoms with van der Waals surface area (Å²) in [7, 11) is 0. The second-order valence-electron chi connectivity index (χ2n) is 7.33. The van der Waals surface area contributed by atoms with Crippen LogP contribution in [-0.4, -0.2) is 22.3 Å². The van der Waals surface area contributed by atoms with Gasteiger partial charge in [-0.1, -0.05) is 41.1 Å². The molecule has 2 unspecified atom stereocenters. The van der Waals surface area contributed by atoms with E-state index in [4.69, 9.17) is 4.74 Å². The molecule has 1 aromatic heterocycles. The van der Waals surface area contributed by atoms with Crippen LogP contribution in [0.1, 0.15) is 29.8 Å². The molecule has 0 bridgehead atoms. The van der Waals surface area contributed by atoms with Gasteiger partial charge >= 0.3 is 0 Å². The van der Waals surface area contributed by atoms with E-state index in [2.05, 4.69) is 49.8 Å². The number of carbonyl (C=O) groups is 1. The number of anilines is 1. The maximum atomic E-state index is 13.5. The number of nitrogens with zero attached hydrogens (tertiary/aromatic N) is 2. The predicted octanol–water partition coefficient (Wildman–Crippen LogP) is 6.02. The average Bonchev–Trinajstić information content (AvgIpc) is 2.79. The second kappa shape index (κ2) is 9.49. The van der Waals surface area contributed by atoms with Crippen LogP contribution in [0.4, 0.5) is 10.1 Å². The fraction of sp³-hybridized carbons (Fsp3) is 0.250. The van der Waals surface area contributed by atoms with Crippen molar-refractivity contribution in [1.29, 1.82) is 0 Å². The smallest absolute Gasteiger partial charge is 0.243 e. The fourth-order valence-electron chi connectivity index (χ4n) is 3.56. The number of carbonyl (C=O) groups excluding carboxylic acids is 1. The van der Waals surface area contributed by atoms with Crippen LogP contribution in [0.3, 0.4) is 0 Å². The molecule has 3 aromatic rings. The van der Waals surface area contributed by atoms with E-state index in [1.54, 1.807) is 11.0 Å². The first-order chi connectivity index (χ1) is 15.0. The van der Waals surface area contributed by atoms with Gasteiger partial charge in [0.1, 0.15) is 16.4 Å². The average molecular weight is 548 g/mol. The Morgan fingerprint density at radius 2 is 1.90 bits per heavy atom. The van der Waals surface area contributed by atoms with E-state index in [-0.39, 0.29) is 22.6 Å². The first kappa shape index (κ1) is 22.0. The third kappa shape index (κ3) is 4.67. The Labute approximate surface area is 197 Å². The number of β-lactam (4-membered cyclic amide) rings is 1. The SMILES string of the molecule is CCc1ccc(CCOc2ccc(C3C(Br)C(=O)N3c3ccc(F)cc3Br)cc2)nc1. The van der Waals surface area contributed by atoms with Gasteiger partial charge in [-0.05, 0) is 69.9 Å². The van der Waals surface area contributed by atoms with Crippen LogP contribution < -0.4 is 9.64 Å². The Hall–Kier alpha value is -2.25. The summed E-state index contributed by atoms with van der Waals surface area (Å²) in [4.78, 5) is 18.3. The van der Waals surface area contributed by atoms with Crippen molar-refractivity contribution < 1.29 is 13.9 Å². The van der Waals surface area contributed by atoms with Gasteiger partial charge in [0.05, 0.1) is 18.3 Å². The van der Waals surface area contributed by atoms with Gasteiger partial charge in [0.15, 0.2) is 0 Å². The zero-order chi connectivity index (χ0) is 22.0. The summed E-state index contributed by atoms with van der Waals surface area (Å²) in [6.45, 7) is 2.65. The fourth-order valence-corrected chi connectivity index (χ4v) is 4.87. The summed E-state index contributed by atoms with van der Waals surface area (Å²) in [5.41, 5.74) is 3.85. The lowest BCUT2D eigenvalue weighted by atomic mass is 9.92. The number of hydrogen-bond donors (Lipinski definition) is 0. The van der Waals surface area contributed by atoms with Gasteiger partial charge in [-0.2, -0.15) is 0 Å². The Kier molecular flexibility index (Phi) is 6.72. The first-order valence-electron chi connectivity index (χ1n) is 10.1. The highest BCUT2D eigenvalue weighted by Crippen LogP contribution is 2.45. The van der Waals surface area contributed by atoms with Crippen molar-refractivity contribution in [2.24, 2.45) is 0 Å². The standard InChI is InChI=1S/C24H21Br2FN2O2/c1-2-15-3-7-18(28-14-15)11-12-31-19-8-4-16(5-9-19)23-22(26)24(30)29(23)21-10-6-17(27)13-20(21)25/h3-10,13-14,22-23H,2,11-12H2,1H3. The van der Waals surface area contributed by atoms with Crippen molar-refractivity contribution in [3.63, 3.8) is 0 Å². The minimum Gasteiger partial charge on any atom is -0.493 e. The molecule has 4 nitrogen and oxygen atoms in total. The molecule has 1 fully saturated rings. The molecule has 0 saturated carbocycles. The van der Waals surface area contributed by atoms with E-state index in [0.29, 0.717) is 16.8 Å². The van der Waals surface area contributed by atoms with Gasteiger partial charge in [-0.15, -0.1) is 0 Å². The van der Waals surface area contributed by atoms with Gasteiger partial charge in [-0.25, -0.2) is 4.39 Å². The van der Waals surface area contributed by atoms with Crippen LogP contribution in [0.25, 0.3) is 0 Å². The molecule has 4 rings (SSSR count). The van der Waals surface area contributed by atoms with E-state index < -0.39 is 0 Å². The minimum absolute atomic E-state index is 0.0563. The lowest BCUT2D eigenvalue weighted by Gasteiger charge is -2.45. The number of alkyl halides is 1. The van der Waals surface area contributed by atoms with E-state index in [1.165, 1.54) is 17.7 Å². The highest BCUT2D eigenvalue weighted by atomic mass is 79.9. The summed E-state index contributed by atoms with van der Waals surface area (Å²) >= 11 is 6.85. The molecule has 1 aliphatic heterocycles. The summed E-state index contributed by atoms with van der Waals surface area (Å²) in [6.07, 6.45) is 3.62. The molecule has 2 heterocycles. The van der Waals surface area contributed by atoms with E-state index >= 15 is 0 Å². The number of aryl methyl sites for hydroxylation is 1. The van der Waals surface area contributed by atoms with Crippen LogP contribution in [-0.2, 0) is 17.6 Å². The zero-order valence-electron chi connectivity index (χ0n) is 16.9. The molecule has 2 atom stereocenters. The van der Waals surface area contributed by atoms with Crippen LogP contribution >= 0.6 is 31.9 Å². The van der Waals surface area contributed by atoms with Gasteiger partial charge in [0.2, 0.25) is 5.91 Å². The van der Waals surface area contributed by atoms with E-state index in [9.17, 15) is 9.18 Å². The van der Waals surface area contributed by atoms with Crippen LogP contribution in [0.15, 0.2) is 65.3 Å². The molecule has 7 heteroatoms. The number of hydrogen-bond acceptors (Lipinski definition) is 3. The third-order valence-corrected chi connectivity index (χ3v) is 6.87. The quantitative estimate of drug-likeness (QED) is 0.268. The molecule has 1 aliphatic rings. The third-order valence-electron chi connectivity index (χ3n) is 5.34. The minimum atomic E-state index is -0.353. The Morgan fingerprint density at radius 1 is 1.13 bits per heavy atom. The number of ether oxygens (including phenoxy) is 1. The first-order valence-corrected chi connectivity index (χ1v) is 11.8. The predicted molar refractivity (Wildman–Crippen MR) is 126 cm³/mol. The van der Waals surface area contributed by atoms with Crippen LogP contribution in [0.5, 0.6) is 5.75 Å².